The van der Waals surface area contributed by atoms with Crippen LogP contribution in [0.4, 0.5) is 5.69 Å². The van der Waals surface area contributed by atoms with Gasteiger partial charge in [0.05, 0.1) is 31.2 Å². The zero-order chi connectivity index (χ0) is 21.2. The fraction of sp³-hybridized carbons (Fsp3) is 0.667. The number of carbonyl (C=O) groups is 1. The zero-order valence-corrected chi connectivity index (χ0v) is 18.7. The summed E-state index contributed by atoms with van der Waals surface area (Å²) in [4.78, 5) is 14.4. The molecule has 2 N–H and O–H groups in total. The number of carbonyl (C=O) groups excluding carboxylic acids is 1. The smallest absolute Gasteiger partial charge is 0.282 e. The number of piperidine rings is 1. The Bertz CT molecular complexity index is 826. The molecule has 2 saturated heterocycles. The van der Waals surface area contributed by atoms with Gasteiger partial charge in [0.15, 0.2) is 6.04 Å². The first-order chi connectivity index (χ1) is 13.7. The molecule has 2 heterocycles. The number of anilines is 1. The van der Waals surface area contributed by atoms with Gasteiger partial charge in [-0.3, -0.25) is 4.79 Å². The van der Waals surface area contributed by atoms with Crippen molar-refractivity contribution in [1.82, 2.24) is 4.31 Å². The van der Waals surface area contributed by atoms with Crippen LogP contribution in [0.15, 0.2) is 23.1 Å². The summed E-state index contributed by atoms with van der Waals surface area (Å²) in [5.74, 6) is 1.14. The van der Waals surface area contributed by atoms with Gasteiger partial charge in [0, 0.05) is 30.6 Å². The maximum Gasteiger partial charge on any atom is 0.282 e. The summed E-state index contributed by atoms with van der Waals surface area (Å²) in [5, 5.41) is 2.94. The number of nitrogens with zero attached hydrogens (tertiary/aromatic N) is 1. The Morgan fingerprint density at radius 1 is 1.21 bits per heavy atom. The maximum atomic E-state index is 13.1. The van der Waals surface area contributed by atoms with E-state index in [4.69, 9.17) is 4.74 Å². The van der Waals surface area contributed by atoms with Crippen LogP contribution >= 0.6 is 0 Å². The van der Waals surface area contributed by atoms with Crippen molar-refractivity contribution in [3.63, 3.8) is 0 Å². The van der Waals surface area contributed by atoms with E-state index in [2.05, 4.69) is 19.2 Å². The van der Waals surface area contributed by atoms with Gasteiger partial charge in [-0.1, -0.05) is 19.9 Å². The summed E-state index contributed by atoms with van der Waals surface area (Å²) in [5.41, 5.74) is 1.20. The summed E-state index contributed by atoms with van der Waals surface area (Å²) in [6, 6.07) is 4.93. The van der Waals surface area contributed by atoms with E-state index in [9.17, 15) is 13.2 Å². The van der Waals surface area contributed by atoms with Gasteiger partial charge in [0.2, 0.25) is 10.0 Å². The minimum atomic E-state index is -3.61. The van der Waals surface area contributed by atoms with Gasteiger partial charge in [-0.05, 0) is 38.0 Å². The van der Waals surface area contributed by atoms with Gasteiger partial charge >= 0.3 is 0 Å². The molecule has 0 spiro atoms. The number of hydrogen-bond acceptors (Lipinski definition) is 4. The quantitative estimate of drug-likeness (QED) is 0.736. The Morgan fingerprint density at radius 3 is 2.45 bits per heavy atom. The number of hydrogen-bond donors (Lipinski definition) is 2. The van der Waals surface area contributed by atoms with Gasteiger partial charge in [-0.25, -0.2) is 8.42 Å². The third-order valence-corrected chi connectivity index (χ3v) is 8.12. The van der Waals surface area contributed by atoms with Crippen LogP contribution in [0, 0.1) is 18.8 Å². The van der Waals surface area contributed by atoms with Crippen LogP contribution in [0.25, 0.3) is 0 Å². The van der Waals surface area contributed by atoms with E-state index in [-0.39, 0.29) is 16.8 Å². The average molecular weight is 425 g/mol. The highest BCUT2D eigenvalue weighted by atomic mass is 32.2. The first-order valence-corrected chi connectivity index (χ1v) is 12.0. The van der Waals surface area contributed by atoms with Gasteiger partial charge in [0.1, 0.15) is 0 Å². The van der Waals surface area contributed by atoms with Crippen molar-refractivity contribution in [2.45, 2.75) is 45.1 Å². The summed E-state index contributed by atoms with van der Waals surface area (Å²) < 4.78 is 32.8. The van der Waals surface area contributed by atoms with Crippen LogP contribution in [-0.2, 0) is 19.6 Å². The normalized spacial score (nSPS) is 27.4. The van der Waals surface area contributed by atoms with Crippen molar-refractivity contribution in [2.75, 3.05) is 44.7 Å². The van der Waals surface area contributed by atoms with Crippen molar-refractivity contribution < 1.29 is 22.8 Å². The molecular weight excluding hydrogens is 390 g/mol. The van der Waals surface area contributed by atoms with Crippen molar-refractivity contribution in [3.8, 4) is 0 Å². The first kappa shape index (κ1) is 22.2. The van der Waals surface area contributed by atoms with E-state index in [1.54, 1.807) is 25.1 Å². The number of nitrogens with one attached hydrogen (secondary N) is 2. The second-order valence-electron chi connectivity index (χ2n) is 8.72. The molecule has 0 radical (unpaired) electrons. The third-order valence-electron chi connectivity index (χ3n) is 6.08. The van der Waals surface area contributed by atoms with Crippen LogP contribution in [0.3, 0.4) is 0 Å². The van der Waals surface area contributed by atoms with Gasteiger partial charge in [-0.2, -0.15) is 4.31 Å². The molecule has 3 rings (SSSR count). The lowest BCUT2D eigenvalue weighted by atomic mass is 9.91. The molecule has 0 saturated carbocycles. The molecule has 0 aromatic heterocycles. The third kappa shape index (κ3) is 5.17. The summed E-state index contributed by atoms with van der Waals surface area (Å²) >= 11 is 0. The fourth-order valence-electron chi connectivity index (χ4n) is 4.50. The SMILES string of the molecule is Cc1ccc(NC(=O)[C@@H](C)[NH+]2C[C@H](C)C[C@H](C)C2)cc1S(=O)(=O)N1CCOCC1. The fourth-order valence-corrected chi connectivity index (χ4v) is 6.16. The van der Waals surface area contributed by atoms with Crippen molar-refractivity contribution in [1.29, 1.82) is 0 Å². The number of aryl methyl sites for hydroxylation is 1. The number of morpholine rings is 1. The number of likely N-dealkylation sites (tertiary alicyclic amines) is 1. The van der Waals surface area contributed by atoms with E-state index in [0.29, 0.717) is 49.4 Å². The number of ether oxygens (including phenoxy) is 1. The topological polar surface area (TPSA) is 80.2 Å². The van der Waals surface area contributed by atoms with Crippen molar-refractivity contribution >= 4 is 21.6 Å². The zero-order valence-electron chi connectivity index (χ0n) is 17.9. The molecule has 1 aromatic carbocycles. The van der Waals surface area contributed by atoms with E-state index in [0.717, 1.165) is 13.1 Å². The molecule has 8 heteroatoms. The highest BCUT2D eigenvalue weighted by molar-refractivity contribution is 7.89. The molecule has 1 aromatic rings. The Labute approximate surface area is 174 Å². The number of rotatable bonds is 5. The lowest BCUT2D eigenvalue weighted by Crippen LogP contribution is -3.18. The molecule has 162 valence electrons. The molecule has 2 aliphatic heterocycles. The van der Waals surface area contributed by atoms with Crippen LogP contribution < -0.4 is 10.2 Å². The highest BCUT2D eigenvalue weighted by Crippen LogP contribution is 2.24. The molecule has 0 aliphatic carbocycles. The summed E-state index contributed by atoms with van der Waals surface area (Å²) in [6.45, 7) is 11.7. The number of benzene rings is 1. The number of quaternary nitrogens is 1. The Balaban J connectivity index is 1.74. The van der Waals surface area contributed by atoms with Gasteiger partial charge in [-0.15, -0.1) is 0 Å². The second-order valence-corrected chi connectivity index (χ2v) is 10.6. The minimum Gasteiger partial charge on any atom is -0.379 e. The molecule has 2 aliphatic rings. The lowest BCUT2D eigenvalue weighted by molar-refractivity contribution is -0.925. The first-order valence-electron chi connectivity index (χ1n) is 10.5. The average Bonchev–Trinajstić information content (AvgIpc) is 2.68. The minimum absolute atomic E-state index is 0.0696. The highest BCUT2D eigenvalue weighted by Gasteiger charge is 2.33. The Morgan fingerprint density at radius 2 is 1.83 bits per heavy atom. The van der Waals surface area contributed by atoms with Crippen LogP contribution in [0.5, 0.6) is 0 Å². The molecule has 0 bridgehead atoms. The standard InChI is InChI=1S/C21H33N3O4S/c1-15-11-16(2)14-23(13-15)18(4)21(25)22-19-6-5-17(3)20(12-19)29(26,27)24-7-9-28-10-8-24/h5-6,12,15-16,18H,7-11,13-14H2,1-4H3,(H,22,25)/p+1/t15-,16+,18-/m1/s1. The summed E-state index contributed by atoms with van der Waals surface area (Å²) in [6.07, 6.45) is 1.21. The largest absolute Gasteiger partial charge is 0.379 e. The van der Waals surface area contributed by atoms with E-state index in [1.165, 1.54) is 15.6 Å². The molecule has 2 fully saturated rings. The lowest BCUT2D eigenvalue weighted by Gasteiger charge is -2.35. The predicted octanol–water partition coefficient (Wildman–Crippen LogP) is 0.904. The van der Waals surface area contributed by atoms with Crippen LogP contribution in [-0.4, -0.2) is 64.1 Å². The van der Waals surface area contributed by atoms with Gasteiger partial charge < -0.3 is 15.0 Å². The maximum absolute atomic E-state index is 13.1. The molecule has 1 unspecified atom stereocenters. The molecule has 29 heavy (non-hydrogen) atoms. The van der Waals surface area contributed by atoms with Crippen LogP contribution in [0.1, 0.15) is 32.8 Å². The number of amides is 1. The predicted molar refractivity (Wildman–Crippen MR) is 112 cm³/mol. The molecule has 4 atom stereocenters. The van der Waals surface area contributed by atoms with Gasteiger partial charge in [0.25, 0.3) is 5.91 Å². The number of sulfonamides is 1. The Kier molecular flexibility index (Phi) is 6.98. The van der Waals surface area contributed by atoms with Crippen molar-refractivity contribution in [3.05, 3.63) is 23.8 Å². The monoisotopic (exact) mass is 424 g/mol. The van der Waals surface area contributed by atoms with E-state index < -0.39 is 10.0 Å². The Hall–Kier alpha value is -1.48. The second kappa shape index (κ2) is 9.12. The molecule has 7 nitrogen and oxygen atoms in total. The summed E-state index contributed by atoms with van der Waals surface area (Å²) in [7, 11) is -3.61. The van der Waals surface area contributed by atoms with Crippen molar-refractivity contribution in [2.24, 2.45) is 11.8 Å². The van der Waals surface area contributed by atoms with E-state index in [1.807, 2.05) is 6.92 Å². The van der Waals surface area contributed by atoms with E-state index >= 15 is 0 Å². The molecule has 1 amide bonds. The molecular formula is C21H34N3O4S+. The van der Waals surface area contributed by atoms with Crippen LogP contribution in [0.2, 0.25) is 0 Å².